The first-order valence-corrected chi connectivity index (χ1v) is 7.63. The van der Waals surface area contributed by atoms with E-state index in [4.69, 9.17) is 4.74 Å². The van der Waals surface area contributed by atoms with E-state index in [0.29, 0.717) is 11.5 Å². The number of methoxy groups -OCH3 is 1. The minimum Gasteiger partial charge on any atom is -0.496 e. The van der Waals surface area contributed by atoms with Gasteiger partial charge in [0, 0.05) is 18.2 Å². The van der Waals surface area contributed by atoms with Gasteiger partial charge in [0.25, 0.3) is 5.91 Å². The maximum absolute atomic E-state index is 12.3. The summed E-state index contributed by atoms with van der Waals surface area (Å²) < 4.78 is 5.97. The van der Waals surface area contributed by atoms with Gasteiger partial charge in [0.1, 0.15) is 5.75 Å². The molecule has 2 unspecified atom stereocenters. The van der Waals surface area contributed by atoms with E-state index < -0.39 is 0 Å². The molecule has 20 heavy (non-hydrogen) atoms. The zero-order valence-corrected chi connectivity index (χ0v) is 13.7. The van der Waals surface area contributed by atoms with Crippen LogP contribution in [0, 0.1) is 5.92 Å². The Morgan fingerprint density at radius 2 is 2.25 bits per heavy atom. The number of carbonyl (C=O) groups is 1. The van der Waals surface area contributed by atoms with Gasteiger partial charge >= 0.3 is 0 Å². The topological polar surface area (TPSA) is 41.6 Å². The Bertz CT molecular complexity index is 493. The standard InChI is InChI=1S/C15H21BrN2O2/c1-10-9-18(2)7-6-13(10)17-15(19)11-4-5-14(20-3)12(16)8-11/h4-5,8,10,13H,6-7,9H2,1-3H3,(H,17,19). The van der Waals surface area contributed by atoms with Crippen LogP contribution in [0.15, 0.2) is 22.7 Å². The molecule has 2 rings (SSSR count). The van der Waals surface area contributed by atoms with E-state index in [2.05, 4.69) is 40.1 Å². The maximum Gasteiger partial charge on any atom is 0.251 e. The normalized spacial score (nSPS) is 23.4. The molecule has 0 aliphatic carbocycles. The number of nitrogens with zero attached hydrogens (tertiary/aromatic N) is 1. The third-order valence-corrected chi connectivity index (χ3v) is 4.46. The van der Waals surface area contributed by atoms with Crippen LogP contribution in [0.4, 0.5) is 0 Å². The molecule has 0 aromatic heterocycles. The van der Waals surface area contributed by atoms with Gasteiger partial charge in [-0.05, 0) is 60.1 Å². The molecule has 0 spiro atoms. The lowest BCUT2D eigenvalue weighted by Crippen LogP contribution is -2.48. The van der Waals surface area contributed by atoms with Crippen molar-refractivity contribution in [3.8, 4) is 5.75 Å². The molecule has 1 aliphatic rings. The van der Waals surface area contributed by atoms with Crippen molar-refractivity contribution in [3.63, 3.8) is 0 Å². The van der Waals surface area contributed by atoms with Gasteiger partial charge in [0.2, 0.25) is 0 Å². The van der Waals surface area contributed by atoms with E-state index in [9.17, 15) is 4.79 Å². The van der Waals surface area contributed by atoms with Crippen LogP contribution >= 0.6 is 15.9 Å². The molecule has 1 fully saturated rings. The average Bonchev–Trinajstić information content (AvgIpc) is 2.41. The summed E-state index contributed by atoms with van der Waals surface area (Å²) in [7, 11) is 3.73. The Morgan fingerprint density at radius 1 is 1.50 bits per heavy atom. The minimum absolute atomic E-state index is 0.0187. The summed E-state index contributed by atoms with van der Waals surface area (Å²) in [5, 5.41) is 3.14. The number of benzene rings is 1. The Kier molecular flexibility index (Phi) is 5.05. The predicted molar refractivity (Wildman–Crippen MR) is 83.2 cm³/mol. The van der Waals surface area contributed by atoms with Crippen molar-refractivity contribution < 1.29 is 9.53 Å². The summed E-state index contributed by atoms with van der Waals surface area (Å²) in [6.45, 7) is 4.24. The molecule has 1 saturated heterocycles. The van der Waals surface area contributed by atoms with E-state index in [0.717, 1.165) is 29.7 Å². The van der Waals surface area contributed by atoms with Crippen molar-refractivity contribution >= 4 is 21.8 Å². The highest BCUT2D eigenvalue weighted by Gasteiger charge is 2.25. The van der Waals surface area contributed by atoms with E-state index >= 15 is 0 Å². The fourth-order valence-corrected chi connectivity index (χ4v) is 3.17. The summed E-state index contributed by atoms with van der Waals surface area (Å²) in [5.74, 6) is 1.18. The zero-order valence-electron chi connectivity index (χ0n) is 12.1. The molecular weight excluding hydrogens is 320 g/mol. The SMILES string of the molecule is COc1ccc(C(=O)NC2CCN(C)CC2C)cc1Br. The van der Waals surface area contributed by atoms with Crippen LogP contribution in [0.3, 0.4) is 0 Å². The summed E-state index contributed by atoms with van der Waals surface area (Å²) >= 11 is 3.41. The molecule has 5 heteroatoms. The first-order valence-electron chi connectivity index (χ1n) is 6.84. The molecule has 0 bridgehead atoms. The number of piperidine rings is 1. The fourth-order valence-electron chi connectivity index (χ4n) is 2.63. The van der Waals surface area contributed by atoms with Gasteiger partial charge in [-0.3, -0.25) is 4.79 Å². The highest BCUT2D eigenvalue weighted by atomic mass is 79.9. The van der Waals surface area contributed by atoms with Crippen LogP contribution < -0.4 is 10.1 Å². The lowest BCUT2D eigenvalue weighted by Gasteiger charge is -2.35. The van der Waals surface area contributed by atoms with Crippen molar-refractivity contribution in [2.45, 2.75) is 19.4 Å². The summed E-state index contributed by atoms with van der Waals surface area (Å²) in [6, 6.07) is 5.64. The van der Waals surface area contributed by atoms with Gasteiger partial charge < -0.3 is 15.0 Å². The lowest BCUT2D eigenvalue weighted by atomic mass is 9.94. The highest BCUT2D eigenvalue weighted by molar-refractivity contribution is 9.10. The van der Waals surface area contributed by atoms with Gasteiger partial charge in [-0.25, -0.2) is 0 Å². The predicted octanol–water partition coefficient (Wildman–Crippen LogP) is 2.53. The molecular formula is C15H21BrN2O2. The van der Waals surface area contributed by atoms with Crippen LogP contribution in [0.1, 0.15) is 23.7 Å². The minimum atomic E-state index is -0.0187. The van der Waals surface area contributed by atoms with Crippen LogP contribution in [-0.4, -0.2) is 44.1 Å². The van der Waals surface area contributed by atoms with E-state index in [1.165, 1.54) is 0 Å². The fraction of sp³-hybridized carbons (Fsp3) is 0.533. The number of likely N-dealkylation sites (tertiary alicyclic amines) is 1. The summed E-state index contributed by atoms with van der Waals surface area (Å²) in [5.41, 5.74) is 0.656. The number of ether oxygens (including phenoxy) is 1. The Labute approximate surface area is 128 Å². The molecule has 1 aliphatic heterocycles. The molecule has 0 radical (unpaired) electrons. The van der Waals surface area contributed by atoms with Gasteiger partial charge in [-0.2, -0.15) is 0 Å². The van der Waals surface area contributed by atoms with Gasteiger partial charge in [0.15, 0.2) is 0 Å². The number of halogens is 1. The van der Waals surface area contributed by atoms with Crippen LogP contribution in [0.25, 0.3) is 0 Å². The largest absolute Gasteiger partial charge is 0.496 e. The van der Waals surface area contributed by atoms with Crippen molar-refractivity contribution in [2.75, 3.05) is 27.2 Å². The van der Waals surface area contributed by atoms with Gasteiger partial charge in [-0.15, -0.1) is 0 Å². The van der Waals surface area contributed by atoms with Crippen LogP contribution in [0.5, 0.6) is 5.75 Å². The first-order chi connectivity index (χ1) is 9.51. The lowest BCUT2D eigenvalue weighted by molar-refractivity contribution is 0.0883. The van der Waals surface area contributed by atoms with Crippen molar-refractivity contribution in [1.29, 1.82) is 0 Å². The average molecular weight is 341 g/mol. The van der Waals surface area contributed by atoms with Gasteiger partial charge in [0.05, 0.1) is 11.6 Å². The Balaban J connectivity index is 2.03. The maximum atomic E-state index is 12.3. The van der Waals surface area contributed by atoms with Crippen molar-refractivity contribution in [2.24, 2.45) is 5.92 Å². The number of nitrogens with one attached hydrogen (secondary N) is 1. The molecule has 4 nitrogen and oxygen atoms in total. The number of hydrogen-bond acceptors (Lipinski definition) is 3. The van der Waals surface area contributed by atoms with Crippen molar-refractivity contribution in [3.05, 3.63) is 28.2 Å². The van der Waals surface area contributed by atoms with Crippen LogP contribution in [0.2, 0.25) is 0 Å². The Hall–Kier alpha value is -1.07. The quantitative estimate of drug-likeness (QED) is 0.919. The summed E-state index contributed by atoms with van der Waals surface area (Å²) in [6.07, 6.45) is 1.00. The van der Waals surface area contributed by atoms with Crippen molar-refractivity contribution in [1.82, 2.24) is 10.2 Å². The number of amides is 1. The second kappa shape index (κ2) is 6.59. The molecule has 2 atom stereocenters. The third kappa shape index (κ3) is 3.52. The summed E-state index contributed by atoms with van der Waals surface area (Å²) in [4.78, 5) is 14.6. The molecule has 1 aromatic carbocycles. The molecule has 1 aromatic rings. The van der Waals surface area contributed by atoms with E-state index in [1.54, 1.807) is 25.3 Å². The van der Waals surface area contributed by atoms with E-state index in [1.807, 2.05) is 0 Å². The monoisotopic (exact) mass is 340 g/mol. The molecule has 1 heterocycles. The number of hydrogen-bond donors (Lipinski definition) is 1. The number of rotatable bonds is 3. The second-order valence-corrected chi connectivity index (χ2v) is 6.31. The van der Waals surface area contributed by atoms with E-state index in [-0.39, 0.29) is 11.9 Å². The zero-order chi connectivity index (χ0) is 14.7. The molecule has 1 N–H and O–H groups in total. The molecule has 0 saturated carbocycles. The van der Waals surface area contributed by atoms with Crippen LogP contribution in [-0.2, 0) is 0 Å². The Morgan fingerprint density at radius 3 is 2.85 bits per heavy atom. The third-order valence-electron chi connectivity index (χ3n) is 3.84. The smallest absolute Gasteiger partial charge is 0.251 e. The number of carbonyl (C=O) groups excluding carboxylic acids is 1. The second-order valence-electron chi connectivity index (χ2n) is 5.46. The van der Waals surface area contributed by atoms with Gasteiger partial charge in [-0.1, -0.05) is 6.92 Å². The molecule has 110 valence electrons. The molecule has 1 amide bonds. The highest BCUT2D eigenvalue weighted by Crippen LogP contribution is 2.25. The first kappa shape index (κ1) is 15.3.